The minimum Gasteiger partial charge on any atom is -0.392 e. The van der Waals surface area contributed by atoms with Gasteiger partial charge in [0, 0.05) is 22.3 Å². The number of fused-ring (bicyclic) bond motifs is 3. The summed E-state index contributed by atoms with van der Waals surface area (Å²) in [5.41, 5.74) is 4.45. The van der Waals surface area contributed by atoms with Gasteiger partial charge in [0.25, 0.3) is 0 Å². The van der Waals surface area contributed by atoms with E-state index in [4.69, 9.17) is 11.6 Å². The smallest absolute Gasteiger partial charge is 0.0681 e. The molecule has 1 N–H and O–H groups in total. The first-order chi connectivity index (χ1) is 13.3. The van der Waals surface area contributed by atoms with E-state index in [-0.39, 0.29) is 6.61 Å². The van der Waals surface area contributed by atoms with Crippen molar-refractivity contribution >= 4 is 33.4 Å². The predicted octanol–water partition coefficient (Wildman–Crippen LogP) is 6.69. The van der Waals surface area contributed by atoms with E-state index in [1.807, 2.05) is 12.1 Å². The fourth-order valence-corrected chi connectivity index (χ4v) is 3.48. The Balaban J connectivity index is 0.000000307. The lowest BCUT2D eigenvalue weighted by molar-refractivity contribution is 0.282. The Kier molecular flexibility index (Phi) is 6.92. The minimum atomic E-state index is 0.0768. The van der Waals surface area contributed by atoms with Crippen molar-refractivity contribution in [2.24, 2.45) is 0 Å². The number of rotatable bonds is 5. The molecule has 0 spiro atoms. The van der Waals surface area contributed by atoms with Crippen LogP contribution in [0.15, 0.2) is 72.8 Å². The molecule has 0 saturated heterocycles. The summed E-state index contributed by atoms with van der Waals surface area (Å²) in [4.78, 5) is 0. The molecule has 0 amide bonds. The fraction of sp³-hybridized carbons (Fsp3) is 0.250. The van der Waals surface area contributed by atoms with Gasteiger partial charge in [-0.05, 0) is 36.2 Å². The summed E-state index contributed by atoms with van der Waals surface area (Å²) < 4.78 is 2.27. The van der Waals surface area contributed by atoms with Crippen LogP contribution in [0.2, 0.25) is 0 Å². The Morgan fingerprint density at radius 3 is 1.78 bits per heavy atom. The molecular formula is C24H26ClNO. The van der Waals surface area contributed by atoms with Gasteiger partial charge >= 0.3 is 0 Å². The lowest BCUT2D eigenvalue weighted by Gasteiger charge is -2.08. The number of aliphatic hydroxyl groups excluding tert-OH is 1. The van der Waals surface area contributed by atoms with E-state index in [9.17, 15) is 5.11 Å². The van der Waals surface area contributed by atoms with Gasteiger partial charge in [-0.1, -0.05) is 68.3 Å². The average molecular weight is 380 g/mol. The first-order valence-electron chi connectivity index (χ1n) is 9.54. The highest BCUT2D eigenvalue weighted by Crippen LogP contribution is 2.31. The second-order valence-electron chi connectivity index (χ2n) is 6.59. The molecule has 27 heavy (non-hydrogen) atoms. The molecule has 0 aliphatic carbocycles. The molecular weight excluding hydrogens is 354 g/mol. The molecule has 0 radical (unpaired) electrons. The van der Waals surface area contributed by atoms with Crippen LogP contribution in [-0.2, 0) is 6.61 Å². The minimum absolute atomic E-state index is 0.0768. The first-order valence-corrected chi connectivity index (χ1v) is 10.1. The quantitative estimate of drug-likeness (QED) is 0.303. The molecule has 0 atom stereocenters. The lowest BCUT2D eigenvalue weighted by atomic mass is 10.2. The summed E-state index contributed by atoms with van der Waals surface area (Å²) in [7, 11) is 0. The Labute approximate surface area is 166 Å². The summed E-state index contributed by atoms with van der Waals surface area (Å²) >= 11 is 5.38. The second kappa shape index (κ2) is 9.59. The SMILES string of the molecule is CCCCCCl.OCc1ccc(-n2c3ccccc3c3ccccc32)cc1. The molecule has 1 aromatic heterocycles. The van der Waals surface area contributed by atoms with Gasteiger partial charge in [-0.3, -0.25) is 0 Å². The topological polar surface area (TPSA) is 25.2 Å². The van der Waals surface area contributed by atoms with E-state index in [2.05, 4.69) is 72.2 Å². The zero-order valence-corrected chi connectivity index (χ0v) is 16.5. The third kappa shape index (κ3) is 4.35. The molecule has 0 bridgehead atoms. The van der Waals surface area contributed by atoms with Crippen LogP contribution < -0.4 is 0 Å². The largest absolute Gasteiger partial charge is 0.392 e. The molecule has 4 rings (SSSR count). The number of aromatic nitrogens is 1. The molecule has 0 aliphatic rings. The third-order valence-electron chi connectivity index (χ3n) is 4.69. The summed E-state index contributed by atoms with van der Waals surface area (Å²) in [5, 5.41) is 11.7. The third-order valence-corrected chi connectivity index (χ3v) is 4.96. The molecule has 4 aromatic rings. The molecule has 0 unspecified atom stereocenters. The molecule has 3 aromatic carbocycles. The van der Waals surface area contributed by atoms with Crippen molar-refractivity contribution in [1.82, 2.24) is 4.57 Å². The van der Waals surface area contributed by atoms with Gasteiger partial charge < -0.3 is 9.67 Å². The van der Waals surface area contributed by atoms with Gasteiger partial charge in [0.1, 0.15) is 0 Å². The summed E-state index contributed by atoms with van der Waals surface area (Å²) in [6.07, 6.45) is 3.73. The van der Waals surface area contributed by atoms with Gasteiger partial charge in [-0.25, -0.2) is 0 Å². The Hall–Kier alpha value is -2.29. The normalized spacial score (nSPS) is 10.8. The highest BCUT2D eigenvalue weighted by molar-refractivity contribution is 6.17. The number of hydrogen-bond donors (Lipinski definition) is 1. The van der Waals surface area contributed by atoms with Crippen LogP contribution in [0.5, 0.6) is 0 Å². The summed E-state index contributed by atoms with van der Waals surface area (Å²) in [5.74, 6) is 0.827. The summed E-state index contributed by atoms with van der Waals surface area (Å²) in [6, 6.07) is 25.0. The number of hydrogen-bond acceptors (Lipinski definition) is 1. The molecule has 1 heterocycles. The lowest BCUT2D eigenvalue weighted by Crippen LogP contribution is -1.94. The van der Waals surface area contributed by atoms with Gasteiger partial charge in [-0.15, -0.1) is 11.6 Å². The molecule has 2 nitrogen and oxygen atoms in total. The van der Waals surface area contributed by atoms with Crippen LogP contribution in [0.3, 0.4) is 0 Å². The van der Waals surface area contributed by atoms with Crippen molar-refractivity contribution in [3.05, 3.63) is 78.4 Å². The predicted molar refractivity (Wildman–Crippen MR) is 117 cm³/mol. The van der Waals surface area contributed by atoms with E-state index in [0.717, 1.165) is 17.1 Å². The number of unbranched alkanes of at least 4 members (excludes halogenated alkanes) is 2. The maximum atomic E-state index is 9.20. The molecule has 140 valence electrons. The maximum absolute atomic E-state index is 9.20. The van der Waals surface area contributed by atoms with Gasteiger partial charge in [0.15, 0.2) is 0 Å². The number of aliphatic hydroxyl groups is 1. The Morgan fingerprint density at radius 2 is 1.33 bits per heavy atom. The van der Waals surface area contributed by atoms with Crippen LogP contribution in [0.25, 0.3) is 27.5 Å². The van der Waals surface area contributed by atoms with Crippen molar-refractivity contribution < 1.29 is 5.11 Å². The zero-order chi connectivity index (χ0) is 19.1. The van der Waals surface area contributed by atoms with Crippen molar-refractivity contribution in [1.29, 1.82) is 0 Å². The molecule has 0 aliphatic heterocycles. The highest BCUT2D eigenvalue weighted by Gasteiger charge is 2.10. The van der Waals surface area contributed by atoms with Gasteiger partial charge in [0.05, 0.1) is 17.6 Å². The number of para-hydroxylation sites is 2. The first kappa shape index (κ1) is 19.5. The Morgan fingerprint density at radius 1 is 0.778 bits per heavy atom. The van der Waals surface area contributed by atoms with Crippen molar-refractivity contribution in [3.8, 4) is 5.69 Å². The molecule has 0 saturated carbocycles. The Bertz CT molecular complexity index is 931. The average Bonchev–Trinajstić information content (AvgIpc) is 3.07. The van der Waals surface area contributed by atoms with E-state index in [1.165, 1.54) is 41.1 Å². The van der Waals surface area contributed by atoms with E-state index < -0.39 is 0 Å². The van der Waals surface area contributed by atoms with E-state index in [1.54, 1.807) is 0 Å². The zero-order valence-electron chi connectivity index (χ0n) is 15.7. The number of nitrogens with zero attached hydrogens (tertiary/aromatic N) is 1. The standard InChI is InChI=1S/C19H15NO.C5H11Cl/c21-13-14-9-11-15(12-10-14)20-18-7-3-1-5-16(18)17-6-2-4-8-19(17)20;1-2-3-4-5-6/h1-12,21H,13H2;2-5H2,1H3. The van der Waals surface area contributed by atoms with Crippen LogP contribution in [-0.4, -0.2) is 15.6 Å². The number of benzene rings is 3. The van der Waals surface area contributed by atoms with E-state index >= 15 is 0 Å². The van der Waals surface area contributed by atoms with Crippen LogP contribution in [0, 0.1) is 0 Å². The number of halogens is 1. The molecule has 0 fully saturated rings. The fourth-order valence-electron chi connectivity index (χ4n) is 3.30. The van der Waals surface area contributed by atoms with Crippen LogP contribution in [0.1, 0.15) is 31.7 Å². The highest BCUT2D eigenvalue weighted by atomic mass is 35.5. The number of alkyl halides is 1. The van der Waals surface area contributed by atoms with Crippen molar-refractivity contribution in [2.75, 3.05) is 5.88 Å². The van der Waals surface area contributed by atoms with Gasteiger partial charge in [0.2, 0.25) is 0 Å². The molecule has 3 heteroatoms. The second-order valence-corrected chi connectivity index (χ2v) is 6.97. The maximum Gasteiger partial charge on any atom is 0.0681 e. The van der Waals surface area contributed by atoms with E-state index in [0.29, 0.717) is 0 Å². The summed E-state index contributed by atoms with van der Waals surface area (Å²) in [6.45, 7) is 2.25. The van der Waals surface area contributed by atoms with Crippen molar-refractivity contribution in [2.45, 2.75) is 32.8 Å². The van der Waals surface area contributed by atoms with Gasteiger partial charge in [-0.2, -0.15) is 0 Å². The monoisotopic (exact) mass is 379 g/mol. The van der Waals surface area contributed by atoms with Crippen molar-refractivity contribution in [3.63, 3.8) is 0 Å². The van der Waals surface area contributed by atoms with Crippen LogP contribution in [0.4, 0.5) is 0 Å². The van der Waals surface area contributed by atoms with Crippen LogP contribution >= 0.6 is 11.6 Å².